The van der Waals surface area contributed by atoms with Crippen molar-refractivity contribution in [2.75, 3.05) is 18.2 Å². The lowest BCUT2D eigenvalue weighted by atomic mass is 10.1. The number of benzene rings is 1. The lowest BCUT2D eigenvalue weighted by Gasteiger charge is -2.09. The number of nitrogens with one attached hydrogen (secondary N) is 1. The number of pyridine rings is 1. The van der Waals surface area contributed by atoms with Crippen molar-refractivity contribution in [2.24, 2.45) is 0 Å². The third-order valence-corrected chi connectivity index (χ3v) is 2.66. The molecule has 96 valence electrons. The minimum Gasteiger partial charge on any atom is -0.481 e. The van der Waals surface area contributed by atoms with Crippen LogP contribution in [0.1, 0.15) is 11.1 Å². The number of rotatable bonds is 4. The number of aromatic nitrogens is 1. The molecule has 0 radical (unpaired) electrons. The number of nitriles is 1. The van der Waals surface area contributed by atoms with Crippen LogP contribution in [0.4, 0.5) is 11.4 Å². The number of hydrogen-bond acceptors (Lipinski definition) is 5. The van der Waals surface area contributed by atoms with E-state index >= 15 is 0 Å². The van der Waals surface area contributed by atoms with Gasteiger partial charge in [0.05, 0.1) is 18.4 Å². The van der Waals surface area contributed by atoms with Gasteiger partial charge in [0.1, 0.15) is 6.07 Å². The van der Waals surface area contributed by atoms with Crippen LogP contribution in [0, 0.1) is 11.3 Å². The average molecular weight is 254 g/mol. The molecular weight excluding hydrogens is 240 g/mol. The molecule has 0 unspecified atom stereocenters. The minimum atomic E-state index is 0.529. The predicted molar refractivity (Wildman–Crippen MR) is 73.7 cm³/mol. The molecule has 5 nitrogen and oxygen atoms in total. The molecule has 19 heavy (non-hydrogen) atoms. The third kappa shape index (κ3) is 3.13. The highest BCUT2D eigenvalue weighted by atomic mass is 16.5. The summed E-state index contributed by atoms with van der Waals surface area (Å²) < 4.78 is 5.06. The first-order valence-corrected chi connectivity index (χ1v) is 5.75. The van der Waals surface area contributed by atoms with Crippen molar-refractivity contribution in [3.05, 3.63) is 47.7 Å². The Bertz CT molecular complexity index is 619. The van der Waals surface area contributed by atoms with Gasteiger partial charge in [0.25, 0.3) is 0 Å². The highest BCUT2D eigenvalue weighted by Gasteiger charge is 2.03. The summed E-state index contributed by atoms with van der Waals surface area (Å²) in [4.78, 5) is 4.04. The molecule has 0 bridgehead atoms. The molecule has 0 fully saturated rings. The van der Waals surface area contributed by atoms with Crippen molar-refractivity contribution >= 4 is 11.4 Å². The summed E-state index contributed by atoms with van der Waals surface area (Å²) in [6.07, 6.45) is 1.68. The standard InChI is InChI=1S/C14H14N4O/c1-19-14-6-10(4-5-17-14)9-18-13-3-2-12(16)7-11(13)8-15/h2-7,18H,9,16H2,1H3. The van der Waals surface area contributed by atoms with E-state index in [1.807, 2.05) is 12.1 Å². The van der Waals surface area contributed by atoms with Crippen molar-refractivity contribution in [3.8, 4) is 11.9 Å². The van der Waals surface area contributed by atoms with Gasteiger partial charge >= 0.3 is 0 Å². The summed E-state index contributed by atoms with van der Waals surface area (Å²) >= 11 is 0. The van der Waals surface area contributed by atoms with E-state index in [2.05, 4.69) is 16.4 Å². The van der Waals surface area contributed by atoms with E-state index < -0.39 is 0 Å². The van der Waals surface area contributed by atoms with E-state index in [9.17, 15) is 0 Å². The van der Waals surface area contributed by atoms with Crippen LogP contribution in [0.5, 0.6) is 5.88 Å². The minimum absolute atomic E-state index is 0.529. The Morgan fingerprint density at radius 3 is 2.95 bits per heavy atom. The predicted octanol–water partition coefficient (Wildman–Crippen LogP) is 2.16. The summed E-state index contributed by atoms with van der Waals surface area (Å²) in [7, 11) is 1.58. The van der Waals surface area contributed by atoms with Gasteiger partial charge < -0.3 is 15.8 Å². The quantitative estimate of drug-likeness (QED) is 0.817. The first-order valence-electron chi connectivity index (χ1n) is 5.75. The van der Waals surface area contributed by atoms with Crippen LogP contribution in [0.3, 0.4) is 0 Å². The summed E-state index contributed by atoms with van der Waals surface area (Å²) in [5, 5.41) is 12.2. The Morgan fingerprint density at radius 1 is 1.37 bits per heavy atom. The zero-order valence-electron chi connectivity index (χ0n) is 10.6. The van der Waals surface area contributed by atoms with Crippen LogP contribution in [-0.2, 0) is 6.54 Å². The first-order chi connectivity index (χ1) is 9.22. The summed E-state index contributed by atoms with van der Waals surface area (Å²) in [6, 6.07) is 11.1. The molecule has 0 saturated carbocycles. The van der Waals surface area contributed by atoms with Gasteiger partial charge in [0, 0.05) is 24.5 Å². The summed E-state index contributed by atoms with van der Waals surface area (Å²) in [6.45, 7) is 0.581. The average Bonchev–Trinajstić information content (AvgIpc) is 2.46. The molecule has 3 N–H and O–H groups in total. The molecule has 1 aromatic heterocycles. The first kappa shape index (κ1) is 12.7. The molecule has 0 aliphatic heterocycles. The second-order valence-electron chi connectivity index (χ2n) is 3.98. The fourth-order valence-electron chi connectivity index (χ4n) is 1.68. The maximum absolute atomic E-state index is 9.05. The van der Waals surface area contributed by atoms with Crippen molar-refractivity contribution in [1.82, 2.24) is 4.98 Å². The largest absolute Gasteiger partial charge is 0.481 e. The van der Waals surface area contributed by atoms with Crippen LogP contribution >= 0.6 is 0 Å². The Labute approximate surface area is 111 Å². The number of ether oxygens (including phenoxy) is 1. The van der Waals surface area contributed by atoms with E-state index in [0.29, 0.717) is 23.7 Å². The van der Waals surface area contributed by atoms with Crippen molar-refractivity contribution in [2.45, 2.75) is 6.54 Å². The third-order valence-electron chi connectivity index (χ3n) is 2.66. The number of hydrogen-bond donors (Lipinski definition) is 2. The fourth-order valence-corrected chi connectivity index (χ4v) is 1.68. The summed E-state index contributed by atoms with van der Waals surface area (Å²) in [5.41, 5.74) is 8.53. The van der Waals surface area contributed by atoms with Gasteiger partial charge in [0.2, 0.25) is 5.88 Å². The normalized spacial score (nSPS) is 9.68. The second kappa shape index (κ2) is 5.74. The fraction of sp³-hybridized carbons (Fsp3) is 0.143. The monoisotopic (exact) mass is 254 g/mol. The number of nitrogen functional groups attached to an aromatic ring is 1. The van der Waals surface area contributed by atoms with E-state index in [-0.39, 0.29) is 0 Å². The SMILES string of the molecule is COc1cc(CNc2ccc(N)cc2C#N)ccn1. The maximum atomic E-state index is 9.05. The molecular formula is C14H14N4O. The van der Waals surface area contributed by atoms with E-state index in [4.69, 9.17) is 15.7 Å². The van der Waals surface area contributed by atoms with Gasteiger partial charge in [-0.15, -0.1) is 0 Å². The molecule has 0 aliphatic carbocycles. The smallest absolute Gasteiger partial charge is 0.213 e. The van der Waals surface area contributed by atoms with Gasteiger partial charge in [-0.1, -0.05) is 0 Å². The Hall–Kier alpha value is -2.74. The van der Waals surface area contributed by atoms with E-state index in [1.165, 1.54) is 0 Å². The van der Waals surface area contributed by atoms with Crippen LogP contribution in [0.25, 0.3) is 0 Å². The zero-order valence-corrected chi connectivity index (χ0v) is 10.6. The highest BCUT2D eigenvalue weighted by Crippen LogP contribution is 2.19. The Balaban J connectivity index is 2.12. The van der Waals surface area contributed by atoms with Crippen molar-refractivity contribution in [1.29, 1.82) is 5.26 Å². The van der Waals surface area contributed by atoms with Gasteiger partial charge in [-0.3, -0.25) is 0 Å². The van der Waals surface area contributed by atoms with Gasteiger partial charge in [-0.25, -0.2) is 4.98 Å². The van der Waals surface area contributed by atoms with Crippen molar-refractivity contribution < 1.29 is 4.74 Å². The molecule has 2 rings (SSSR count). The Kier molecular flexibility index (Phi) is 3.84. The van der Waals surface area contributed by atoms with E-state index in [0.717, 1.165) is 11.3 Å². The molecule has 0 amide bonds. The zero-order chi connectivity index (χ0) is 13.7. The second-order valence-corrected chi connectivity index (χ2v) is 3.98. The van der Waals surface area contributed by atoms with Crippen LogP contribution in [-0.4, -0.2) is 12.1 Å². The maximum Gasteiger partial charge on any atom is 0.213 e. The number of methoxy groups -OCH3 is 1. The molecule has 1 aromatic carbocycles. The summed E-state index contributed by atoms with van der Waals surface area (Å²) in [5.74, 6) is 0.567. The van der Waals surface area contributed by atoms with Crippen LogP contribution in [0.2, 0.25) is 0 Å². The molecule has 0 aliphatic rings. The molecule has 5 heteroatoms. The molecule has 0 atom stereocenters. The number of nitrogens with zero attached hydrogens (tertiary/aromatic N) is 2. The number of nitrogens with two attached hydrogens (primary N) is 1. The van der Waals surface area contributed by atoms with Crippen LogP contribution < -0.4 is 15.8 Å². The topological polar surface area (TPSA) is 84.0 Å². The van der Waals surface area contributed by atoms with E-state index in [1.54, 1.807) is 31.5 Å². The van der Waals surface area contributed by atoms with Gasteiger partial charge in [-0.2, -0.15) is 5.26 Å². The lowest BCUT2D eigenvalue weighted by molar-refractivity contribution is 0.397. The van der Waals surface area contributed by atoms with Crippen molar-refractivity contribution in [3.63, 3.8) is 0 Å². The lowest BCUT2D eigenvalue weighted by Crippen LogP contribution is -2.02. The molecule has 2 aromatic rings. The van der Waals surface area contributed by atoms with Crippen LogP contribution in [0.15, 0.2) is 36.5 Å². The number of anilines is 2. The molecule has 0 saturated heterocycles. The Morgan fingerprint density at radius 2 is 2.21 bits per heavy atom. The molecule has 1 heterocycles. The van der Waals surface area contributed by atoms with Gasteiger partial charge in [-0.05, 0) is 29.8 Å². The van der Waals surface area contributed by atoms with Gasteiger partial charge in [0.15, 0.2) is 0 Å². The highest BCUT2D eigenvalue weighted by molar-refractivity contribution is 5.63. The molecule has 0 spiro atoms.